The third-order valence-electron chi connectivity index (χ3n) is 4.83. The zero-order chi connectivity index (χ0) is 17.6. The molecular weight excluding hydrogens is 320 g/mol. The molecule has 1 amide bonds. The minimum atomic E-state index is -0.551. The van der Waals surface area contributed by atoms with Gasteiger partial charge in [-0.15, -0.1) is 0 Å². The highest BCUT2D eigenvalue weighted by Crippen LogP contribution is 2.41. The number of carbonyl (C=O) groups excluding carboxylic acids is 1. The Morgan fingerprint density at radius 1 is 1.28 bits per heavy atom. The summed E-state index contributed by atoms with van der Waals surface area (Å²) in [6.07, 6.45) is 1.23. The molecule has 3 heterocycles. The molecule has 7 nitrogen and oxygen atoms in total. The first kappa shape index (κ1) is 16.3. The van der Waals surface area contributed by atoms with E-state index in [0.717, 1.165) is 12.8 Å². The topological polar surface area (TPSA) is 66.7 Å². The predicted octanol–water partition coefficient (Wildman–Crippen LogP) is 3.32. The number of hydrogen-bond acceptors (Lipinski definition) is 6. The van der Waals surface area contributed by atoms with Crippen molar-refractivity contribution in [2.24, 2.45) is 10.3 Å². The van der Waals surface area contributed by atoms with Crippen LogP contribution in [0.5, 0.6) is 0 Å². The number of hydroxylamine groups is 2. The maximum absolute atomic E-state index is 12.6. The Kier molecular flexibility index (Phi) is 3.91. The predicted molar refractivity (Wildman–Crippen MR) is 90.4 cm³/mol. The third-order valence-corrected chi connectivity index (χ3v) is 4.83. The molecule has 1 aromatic rings. The van der Waals surface area contributed by atoms with Gasteiger partial charge in [0.25, 0.3) is 0 Å². The summed E-state index contributed by atoms with van der Waals surface area (Å²) >= 11 is 0. The molecule has 2 bridgehead atoms. The van der Waals surface area contributed by atoms with Gasteiger partial charge in [0.2, 0.25) is 0 Å². The molecule has 3 fully saturated rings. The van der Waals surface area contributed by atoms with E-state index in [1.54, 1.807) is 0 Å². The minimum Gasteiger partial charge on any atom is -0.442 e. The maximum atomic E-state index is 12.6. The number of rotatable bonds is 2. The lowest BCUT2D eigenvalue weighted by molar-refractivity contribution is -0.273. The molecule has 25 heavy (non-hydrogen) atoms. The Hall–Kier alpha value is -2.15. The molecule has 0 radical (unpaired) electrons. The Balaban J connectivity index is 1.53. The van der Waals surface area contributed by atoms with Gasteiger partial charge in [0, 0.05) is 0 Å². The van der Waals surface area contributed by atoms with Gasteiger partial charge >= 0.3 is 6.09 Å². The molecule has 1 aromatic carbocycles. The molecule has 4 aliphatic rings. The van der Waals surface area contributed by atoms with Gasteiger partial charge in [-0.1, -0.05) is 35.6 Å². The SMILES string of the molecule is CC(C)(C)OC(=O)N1O[C@H]2CC[C@@H]1[C@@H]1[C@H]2N=NN1Cc1ccccc1. The number of benzene rings is 1. The van der Waals surface area contributed by atoms with Gasteiger partial charge in [-0.2, -0.15) is 10.2 Å². The Labute approximate surface area is 147 Å². The van der Waals surface area contributed by atoms with E-state index in [-0.39, 0.29) is 24.2 Å². The summed E-state index contributed by atoms with van der Waals surface area (Å²) in [4.78, 5) is 18.4. The van der Waals surface area contributed by atoms with Crippen LogP contribution in [0.1, 0.15) is 39.2 Å². The lowest BCUT2D eigenvalue weighted by Gasteiger charge is -2.50. The standard InChI is InChI=1S/C18H24N4O3/c1-18(2,3)24-17(23)22-13-9-10-14(25-22)15-16(13)21(20-19-15)11-12-7-5-4-6-8-12/h4-8,13-16H,9-11H2,1-3H3/t13-,14+,15+,16-/m1/s1. The van der Waals surface area contributed by atoms with Crippen LogP contribution in [0, 0.1) is 0 Å². The van der Waals surface area contributed by atoms with E-state index < -0.39 is 11.7 Å². The molecule has 4 atom stereocenters. The van der Waals surface area contributed by atoms with Gasteiger partial charge in [-0.25, -0.2) is 4.79 Å². The fourth-order valence-corrected chi connectivity index (χ4v) is 3.82. The van der Waals surface area contributed by atoms with Crippen LogP contribution in [0.2, 0.25) is 0 Å². The average molecular weight is 344 g/mol. The van der Waals surface area contributed by atoms with Gasteiger partial charge in [-0.05, 0) is 39.2 Å². The molecular formula is C18H24N4O3. The molecule has 5 rings (SSSR count). The second kappa shape index (κ2) is 5.98. The molecule has 0 spiro atoms. The number of fused-ring (bicyclic) bond motifs is 2. The van der Waals surface area contributed by atoms with Crippen molar-refractivity contribution < 1.29 is 14.4 Å². The summed E-state index contributed by atoms with van der Waals surface area (Å²) in [6.45, 7) is 6.25. The van der Waals surface area contributed by atoms with Crippen molar-refractivity contribution in [3.8, 4) is 0 Å². The van der Waals surface area contributed by atoms with Gasteiger partial charge in [-0.3, -0.25) is 9.85 Å². The van der Waals surface area contributed by atoms with Crippen molar-refractivity contribution in [1.82, 2.24) is 10.1 Å². The second-order valence-electron chi connectivity index (χ2n) is 7.86. The summed E-state index contributed by atoms with van der Waals surface area (Å²) in [5.74, 6) is 0. The highest BCUT2D eigenvalue weighted by Gasteiger charge is 2.56. The molecule has 0 unspecified atom stereocenters. The van der Waals surface area contributed by atoms with Gasteiger partial charge in [0.05, 0.1) is 18.6 Å². The zero-order valence-corrected chi connectivity index (χ0v) is 14.8. The third kappa shape index (κ3) is 3.08. The van der Waals surface area contributed by atoms with Crippen molar-refractivity contribution in [3.63, 3.8) is 0 Å². The second-order valence-corrected chi connectivity index (χ2v) is 7.86. The van der Waals surface area contributed by atoms with Crippen molar-refractivity contribution in [2.45, 2.75) is 70.0 Å². The van der Waals surface area contributed by atoms with E-state index in [9.17, 15) is 4.79 Å². The summed E-state index contributed by atoms with van der Waals surface area (Å²) in [6, 6.07) is 10.1. The van der Waals surface area contributed by atoms with E-state index in [2.05, 4.69) is 22.5 Å². The first-order chi connectivity index (χ1) is 11.9. The molecule has 0 N–H and O–H groups in total. The van der Waals surface area contributed by atoms with Crippen LogP contribution in [0.3, 0.4) is 0 Å². The highest BCUT2D eigenvalue weighted by atomic mass is 16.7. The summed E-state index contributed by atoms with van der Waals surface area (Å²) in [5.41, 5.74) is 0.623. The first-order valence-electron chi connectivity index (χ1n) is 8.83. The summed E-state index contributed by atoms with van der Waals surface area (Å²) in [7, 11) is 0. The highest BCUT2D eigenvalue weighted by molar-refractivity contribution is 5.67. The lowest BCUT2D eigenvalue weighted by Crippen LogP contribution is -2.67. The van der Waals surface area contributed by atoms with E-state index in [1.165, 1.54) is 10.6 Å². The van der Waals surface area contributed by atoms with Crippen molar-refractivity contribution in [1.29, 1.82) is 0 Å². The van der Waals surface area contributed by atoms with Crippen LogP contribution >= 0.6 is 0 Å². The lowest BCUT2D eigenvalue weighted by atomic mass is 9.82. The summed E-state index contributed by atoms with van der Waals surface area (Å²) in [5, 5.41) is 12.2. The van der Waals surface area contributed by atoms with Crippen LogP contribution in [0.25, 0.3) is 0 Å². The van der Waals surface area contributed by atoms with Crippen LogP contribution < -0.4 is 0 Å². The molecule has 1 aliphatic carbocycles. The fraction of sp³-hybridized carbons (Fsp3) is 0.611. The van der Waals surface area contributed by atoms with Crippen molar-refractivity contribution in [2.75, 3.05) is 0 Å². The van der Waals surface area contributed by atoms with Crippen LogP contribution in [0.15, 0.2) is 40.7 Å². The average Bonchev–Trinajstić information content (AvgIpc) is 3.00. The molecule has 3 aliphatic heterocycles. The van der Waals surface area contributed by atoms with Crippen LogP contribution in [-0.2, 0) is 16.1 Å². The molecule has 134 valence electrons. The van der Waals surface area contributed by atoms with E-state index in [4.69, 9.17) is 9.57 Å². The first-order valence-corrected chi connectivity index (χ1v) is 8.83. The van der Waals surface area contributed by atoms with Gasteiger partial charge < -0.3 is 4.74 Å². The van der Waals surface area contributed by atoms with E-state index >= 15 is 0 Å². The van der Waals surface area contributed by atoms with Gasteiger partial charge in [0.15, 0.2) is 0 Å². The molecule has 7 heteroatoms. The monoisotopic (exact) mass is 344 g/mol. The smallest absolute Gasteiger partial charge is 0.434 e. The number of nitrogens with zero attached hydrogens (tertiary/aromatic N) is 4. The van der Waals surface area contributed by atoms with Gasteiger partial charge in [0.1, 0.15) is 17.7 Å². The fourth-order valence-electron chi connectivity index (χ4n) is 3.82. The van der Waals surface area contributed by atoms with E-state index in [0.29, 0.717) is 6.54 Å². The minimum absolute atomic E-state index is 0.0128. The quantitative estimate of drug-likeness (QED) is 0.825. The zero-order valence-electron chi connectivity index (χ0n) is 14.8. The van der Waals surface area contributed by atoms with Crippen LogP contribution in [-0.4, -0.2) is 46.0 Å². The Morgan fingerprint density at radius 3 is 2.76 bits per heavy atom. The maximum Gasteiger partial charge on any atom is 0.434 e. The molecule has 1 saturated carbocycles. The number of hydrogen-bond donors (Lipinski definition) is 0. The normalized spacial score (nSPS) is 30.5. The molecule has 2 saturated heterocycles. The Bertz CT molecular complexity index is 673. The number of carbonyl (C=O) groups is 1. The number of ether oxygens (including phenoxy) is 1. The van der Waals surface area contributed by atoms with E-state index in [1.807, 2.05) is 44.0 Å². The summed E-state index contributed by atoms with van der Waals surface area (Å²) < 4.78 is 5.51. The number of amides is 1. The van der Waals surface area contributed by atoms with Crippen molar-refractivity contribution in [3.05, 3.63) is 35.9 Å². The largest absolute Gasteiger partial charge is 0.442 e. The Morgan fingerprint density at radius 2 is 2.04 bits per heavy atom. The van der Waals surface area contributed by atoms with Crippen molar-refractivity contribution >= 4 is 6.09 Å². The van der Waals surface area contributed by atoms with Crippen LogP contribution in [0.4, 0.5) is 4.79 Å². The molecule has 0 aromatic heterocycles.